The van der Waals surface area contributed by atoms with Gasteiger partial charge in [0.1, 0.15) is 5.69 Å². The summed E-state index contributed by atoms with van der Waals surface area (Å²) in [4.78, 5) is 20.2. The van der Waals surface area contributed by atoms with Crippen LogP contribution in [0.25, 0.3) is 0 Å². The molecule has 1 aromatic carbocycles. The number of amides is 1. The Balaban J connectivity index is 1.79. The van der Waals surface area contributed by atoms with E-state index >= 15 is 0 Å². The molecule has 0 atom stereocenters. The molecule has 116 valence electrons. The van der Waals surface area contributed by atoms with Gasteiger partial charge >= 0.3 is 0 Å². The molecule has 5 nitrogen and oxygen atoms in total. The molecule has 1 amide bonds. The Hall–Kier alpha value is -2.43. The van der Waals surface area contributed by atoms with E-state index in [4.69, 9.17) is 0 Å². The number of carbonyl (C=O) groups excluding carboxylic acids is 1. The van der Waals surface area contributed by atoms with Crippen LogP contribution in [0.3, 0.4) is 0 Å². The predicted molar refractivity (Wildman–Crippen MR) is 87.9 cm³/mol. The van der Waals surface area contributed by atoms with Crippen molar-refractivity contribution in [1.82, 2.24) is 15.3 Å². The van der Waals surface area contributed by atoms with Gasteiger partial charge in [-0.2, -0.15) is 0 Å². The molecular formula is C17H22N4O. The second-order valence-electron chi connectivity index (χ2n) is 5.04. The van der Waals surface area contributed by atoms with E-state index in [1.807, 2.05) is 25.1 Å². The van der Waals surface area contributed by atoms with Crippen LogP contribution in [0.5, 0.6) is 0 Å². The molecular weight excluding hydrogens is 276 g/mol. The maximum Gasteiger partial charge on any atom is 0.270 e. The maximum atomic E-state index is 11.8. The molecule has 0 saturated carbocycles. The van der Waals surface area contributed by atoms with Crippen LogP contribution in [0.15, 0.2) is 42.6 Å². The number of aryl methyl sites for hydroxylation is 1. The summed E-state index contributed by atoms with van der Waals surface area (Å²) in [7, 11) is 0. The molecule has 0 bridgehead atoms. The summed E-state index contributed by atoms with van der Waals surface area (Å²) >= 11 is 0. The third kappa shape index (κ3) is 5.16. The van der Waals surface area contributed by atoms with Crippen molar-refractivity contribution in [3.63, 3.8) is 0 Å². The lowest BCUT2D eigenvalue weighted by Crippen LogP contribution is -2.25. The van der Waals surface area contributed by atoms with Crippen LogP contribution in [0.4, 0.5) is 5.95 Å². The summed E-state index contributed by atoms with van der Waals surface area (Å²) in [5.41, 5.74) is 1.71. The van der Waals surface area contributed by atoms with Crippen molar-refractivity contribution in [1.29, 1.82) is 0 Å². The first-order chi connectivity index (χ1) is 10.8. The molecule has 22 heavy (non-hydrogen) atoms. The zero-order valence-electron chi connectivity index (χ0n) is 12.9. The van der Waals surface area contributed by atoms with Crippen LogP contribution < -0.4 is 10.6 Å². The third-order valence-corrected chi connectivity index (χ3v) is 3.19. The Labute approximate surface area is 131 Å². The maximum absolute atomic E-state index is 11.8. The largest absolute Gasteiger partial charge is 0.354 e. The smallest absolute Gasteiger partial charge is 0.270 e. The molecule has 5 heteroatoms. The molecule has 2 rings (SSSR count). The summed E-state index contributed by atoms with van der Waals surface area (Å²) in [6, 6.07) is 12.0. The van der Waals surface area contributed by atoms with Crippen molar-refractivity contribution in [2.24, 2.45) is 0 Å². The predicted octanol–water partition coefficient (Wildman–Crippen LogP) is 2.66. The van der Waals surface area contributed by atoms with Crippen molar-refractivity contribution < 1.29 is 4.79 Å². The van der Waals surface area contributed by atoms with Gasteiger partial charge in [-0.15, -0.1) is 0 Å². The van der Waals surface area contributed by atoms with Gasteiger partial charge in [-0.1, -0.05) is 37.3 Å². The Morgan fingerprint density at radius 1 is 1.14 bits per heavy atom. The van der Waals surface area contributed by atoms with Gasteiger partial charge in [0.05, 0.1) is 0 Å². The molecule has 0 aliphatic rings. The average molecular weight is 298 g/mol. The molecule has 2 N–H and O–H groups in total. The zero-order chi connectivity index (χ0) is 15.6. The molecule has 0 saturated heterocycles. The highest BCUT2D eigenvalue weighted by atomic mass is 16.1. The minimum Gasteiger partial charge on any atom is -0.354 e. The van der Waals surface area contributed by atoms with Gasteiger partial charge in [0.2, 0.25) is 5.95 Å². The molecule has 0 aliphatic carbocycles. The van der Waals surface area contributed by atoms with E-state index in [0.29, 0.717) is 18.2 Å². The standard InChI is InChI=1S/C17H22N4O/c1-2-11-18-16(22)15-10-13-20-17(21-15)19-12-6-9-14-7-4-3-5-8-14/h3-5,7-8,10,13H,2,6,9,11-12H2,1H3,(H,18,22)(H,19,20,21). The van der Waals surface area contributed by atoms with E-state index in [-0.39, 0.29) is 5.91 Å². The highest BCUT2D eigenvalue weighted by Crippen LogP contribution is 2.04. The summed E-state index contributed by atoms with van der Waals surface area (Å²) in [6.07, 6.45) is 4.50. The summed E-state index contributed by atoms with van der Waals surface area (Å²) in [6.45, 7) is 3.44. The first-order valence-corrected chi connectivity index (χ1v) is 7.68. The lowest BCUT2D eigenvalue weighted by atomic mass is 10.1. The highest BCUT2D eigenvalue weighted by Gasteiger charge is 2.07. The molecule has 0 radical (unpaired) electrons. The SMILES string of the molecule is CCCNC(=O)c1ccnc(NCCCc2ccccc2)n1. The van der Waals surface area contributed by atoms with Crippen LogP contribution in [0.1, 0.15) is 35.8 Å². The molecule has 1 aromatic heterocycles. The van der Waals surface area contributed by atoms with Crippen LogP contribution >= 0.6 is 0 Å². The second kappa shape index (κ2) is 8.77. The van der Waals surface area contributed by atoms with Crippen LogP contribution in [0.2, 0.25) is 0 Å². The molecule has 1 heterocycles. The van der Waals surface area contributed by atoms with Crippen molar-refractivity contribution in [2.45, 2.75) is 26.2 Å². The van der Waals surface area contributed by atoms with E-state index < -0.39 is 0 Å². The first kappa shape index (κ1) is 15.9. The Morgan fingerprint density at radius 3 is 2.73 bits per heavy atom. The Kier molecular flexibility index (Phi) is 6.36. The van der Waals surface area contributed by atoms with E-state index in [1.165, 1.54) is 5.56 Å². The fraction of sp³-hybridized carbons (Fsp3) is 0.353. The van der Waals surface area contributed by atoms with Gasteiger partial charge in [0.15, 0.2) is 0 Å². The van der Waals surface area contributed by atoms with Crippen LogP contribution in [-0.2, 0) is 6.42 Å². The fourth-order valence-corrected chi connectivity index (χ4v) is 2.04. The van der Waals surface area contributed by atoms with E-state index in [9.17, 15) is 4.79 Å². The molecule has 0 fully saturated rings. The second-order valence-corrected chi connectivity index (χ2v) is 5.04. The quantitative estimate of drug-likeness (QED) is 0.735. The monoisotopic (exact) mass is 298 g/mol. The summed E-state index contributed by atoms with van der Waals surface area (Å²) in [5.74, 6) is 0.341. The van der Waals surface area contributed by atoms with Gasteiger partial charge in [0, 0.05) is 19.3 Å². The number of rotatable bonds is 8. The van der Waals surface area contributed by atoms with Gasteiger partial charge < -0.3 is 10.6 Å². The zero-order valence-corrected chi connectivity index (χ0v) is 12.9. The first-order valence-electron chi connectivity index (χ1n) is 7.68. The minimum atomic E-state index is -0.156. The number of hydrogen-bond acceptors (Lipinski definition) is 4. The van der Waals surface area contributed by atoms with Gasteiger partial charge in [-0.25, -0.2) is 9.97 Å². The number of aromatic nitrogens is 2. The summed E-state index contributed by atoms with van der Waals surface area (Å²) < 4.78 is 0. The van der Waals surface area contributed by atoms with Crippen LogP contribution in [-0.4, -0.2) is 29.0 Å². The van der Waals surface area contributed by atoms with Gasteiger partial charge in [-0.3, -0.25) is 4.79 Å². The lowest BCUT2D eigenvalue weighted by Gasteiger charge is -2.07. The summed E-state index contributed by atoms with van der Waals surface area (Å²) in [5, 5.41) is 5.97. The third-order valence-electron chi connectivity index (χ3n) is 3.19. The molecule has 0 unspecified atom stereocenters. The van der Waals surface area contributed by atoms with E-state index in [1.54, 1.807) is 12.3 Å². The molecule has 2 aromatic rings. The topological polar surface area (TPSA) is 66.9 Å². The van der Waals surface area contributed by atoms with Crippen LogP contribution in [0, 0.1) is 0 Å². The molecule has 0 spiro atoms. The number of nitrogens with zero attached hydrogens (tertiary/aromatic N) is 2. The Morgan fingerprint density at radius 2 is 1.95 bits per heavy atom. The van der Waals surface area contributed by atoms with Gasteiger partial charge in [0.25, 0.3) is 5.91 Å². The van der Waals surface area contributed by atoms with Crippen molar-refractivity contribution in [3.8, 4) is 0 Å². The average Bonchev–Trinajstić information content (AvgIpc) is 2.58. The fourth-order valence-electron chi connectivity index (χ4n) is 2.04. The minimum absolute atomic E-state index is 0.156. The van der Waals surface area contributed by atoms with Crippen molar-refractivity contribution in [3.05, 3.63) is 53.9 Å². The molecule has 0 aliphatic heterocycles. The number of carbonyl (C=O) groups is 1. The van der Waals surface area contributed by atoms with Gasteiger partial charge in [-0.05, 0) is 30.9 Å². The lowest BCUT2D eigenvalue weighted by molar-refractivity contribution is 0.0948. The number of nitrogens with one attached hydrogen (secondary N) is 2. The highest BCUT2D eigenvalue weighted by molar-refractivity contribution is 5.92. The van der Waals surface area contributed by atoms with E-state index in [2.05, 4.69) is 32.7 Å². The number of hydrogen-bond donors (Lipinski definition) is 2. The normalized spacial score (nSPS) is 10.2. The van der Waals surface area contributed by atoms with E-state index in [0.717, 1.165) is 25.8 Å². The number of anilines is 1. The van der Waals surface area contributed by atoms with Crippen molar-refractivity contribution in [2.75, 3.05) is 18.4 Å². The number of benzene rings is 1. The van der Waals surface area contributed by atoms with Crippen molar-refractivity contribution >= 4 is 11.9 Å². The Bertz CT molecular complexity index is 586.